The average molecular weight is 333 g/mol. The fraction of sp³-hybridized carbons (Fsp3) is 0.455. The Hall–Kier alpha value is -1.52. The van der Waals surface area contributed by atoms with Gasteiger partial charge in [0.05, 0.1) is 4.92 Å². The van der Waals surface area contributed by atoms with E-state index in [1.807, 2.05) is 0 Å². The highest BCUT2D eigenvalue weighted by atomic mass is 32.2. The van der Waals surface area contributed by atoms with Crippen LogP contribution in [0.5, 0.6) is 0 Å². The minimum atomic E-state index is -4.05. The van der Waals surface area contributed by atoms with Crippen molar-refractivity contribution in [1.29, 1.82) is 0 Å². The van der Waals surface area contributed by atoms with Crippen molar-refractivity contribution >= 4 is 32.2 Å². The highest BCUT2D eigenvalue weighted by Gasteiger charge is 2.29. The smallest absolute Gasteiger partial charge is 0.289 e. The fourth-order valence-electron chi connectivity index (χ4n) is 2.09. The van der Waals surface area contributed by atoms with Crippen molar-refractivity contribution in [3.63, 3.8) is 0 Å². The van der Waals surface area contributed by atoms with E-state index in [1.54, 1.807) is 0 Å². The van der Waals surface area contributed by atoms with E-state index in [2.05, 4.69) is 4.72 Å². The van der Waals surface area contributed by atoms with Crippen molar-refractivity contribution in [1.82, 2.24) is 4.72 Å². The summed E-state index contributed by atoms with van der Waals surface area (Å²) in [6.07, 6.45) is 0.893. The molecule has 1 aromatic carbocycles. The molecule has 0 spiro atoms. The molecule has 1 aromatic rings. The molecule has 0 bridgehead atoms. The van der Waals surface area contributed by atoms with Crippen LogP contribution in [-0.4, -0.2) is 35.1 Å². The fourth-order valence-corrected chi connectivity index (χ4v) is 4.90. The molecule has 1 heterocycles. The largest absolute Gasteiger partial charge is 0.399 e. The molecule has 3 N–H and O–H groups in total. The predicted octanol–water partition coefficient (Wildman–Crippen LogP) is 0.366. The summed E-state index contributed by atoms with van der Waals surface area (Å²) in [4.78, 5) is 9.74. The Labute approximate surface area is 124 Å². The number of nitro benzene ring substituents is 1. The van der Waals surface area contributed by atoms with Gasteiger partial charge in [-0.05, 0) is 25.0 Å². The minimum absolute atomic E-state index is 0.130. The Morgan fingerprint density at radius 2 is 1.95 bits per heavy atom. The molecular weight excluding hydrogens is 318 g/mol. The number of anilines is 1. The number of nitrogens with one attached hydrogen (secondary N) is 1. The van der Waals surface area contributed by atoms with Gasteiger partial charge in [0.15, 0.2) is 4.90 Å². The molecule has 0 aromatic heterocycles. The first-order valence-electron chi connectivity index (χ1n) is 6.21. The zero-order valence-electron chi connectivity index (χ0n) is 11.0. The van der Waals surface area contributed by atoms with Crippen molar-refractivity contribution in [3.05, 3.63) is 28.3 Å². The van der Waals surface area contributed by atoms with E-state index in [4.69, 9.17) is 5.73 Å². The van der Waals surface area contributed by atoms with E-state index in [9.17, 15) is 22.7 Å². The Balaban J connectivity index is 2.29. The second kappa shape index (κ2) is 6.08. The highest BCUT2D eigenvalue weighted by molar-refractivity contribution is 7.89. The predicted molar refractivity (Wildman–Crippen MR) is 78.7 cm³/mol. The maximum absolute atomic E-state index is 12.3. The maximum atomic E-state index is 12.3. The molecule has 0 unspecified atom stereocenters. The van der Waals surface area contributed by atoms with Crippen LogP contribution in [0.25, 0.3) is 0 Å². The Morgan fingerprint density at radius 3 is 2.52 bits per heavy atom. The summed E-state index contributed by atoms with van der Waals surface area (Å²) in [5.74, 6) is 0.846. The van der Waals surface area contributed by atoms with E-state index in [0.29, 0.717) is 24.3 Å². The Bertz CT molecular complexity index is 679. The second-order valence-corrected chi connectivity index (χ2v) is 8.11. The topological polar surface area (TPSA) is 132 Å². The zero-order chi connectivity index (χ0) is 15.6. The van der Waals surface area contributed by atoms with Gasteiger partial charge in [-0.2, -0.15) is 0 Å². The molecule has 10 heteroatoms. The van der Waals surface area contributed by atoms with E-state index in [-0.39, 0.29) is 11.7 Å². The highest BCUT2D eigenvalue weighted by Crippen LogP contribution is 2.26. The zero-order valence-corrected chi connectivity index (χ0v) is 12.7. The maximum Gasteiger partial charge on any atom is 0.289 e. The van der Waals surface area contributed by atoms with Crippen molar-refractivity contribution in [2.75, 3.05) is 17.2 Å². The van der Waals surface area contributed by atoms with Gasteiger partial charge in [-0.3, -0.25) is 14.3 Å². The van der Waals surface area contributed by atoms with Crippen LogP contribution in [0.2, 0.25) is 0 Å². The Kier molecular flexibility index (Phi) is 4.59. The SMILES string of the molecule is Nc1ccc([N+](=O)[O-])c(S(=O)(=O)NC2CCS(=O)CC2)c1. The molecule has 1 aliphatic rings. The van der Waals surface area contributed by atoms with Crippen molar-refractivity contribution in [3.8, 4) is 0 Å². The van der Waals surface area contributed by atoms with Crippen LogP contribution in [0.15, 0.2) is 23.1 Å². The average Bonchev–Trinajstić information content (AvgIpc) is 2.41. The van der Waals surface area contributed by atoms with Gasteiger partial charge in [-0.25, -0.2) is 13.1 Å². The normalized spacial score (nSPS) is 22.9. The number of nitrogens with zero attached hydrogens (tertiary/aromatic N) is 1. The molecular formula is C11H15N3O5S2. The van der Waals surface area contributed by atoms with Crippen LogP contribution in [-0.2, 0) is 20.8 Å². The van der Waals surface area contributed by atoms with Crippen molar-refractivity contribution in [2.24, 2.45) is 0 Å². The van der Waals surface area contributed by atoms with Gasteiger partial charge >= 0.3 is 0 Å². The monoisotopic (exact) mass is 333 g/mol. The number of hydrogen-bond donors (Lipinski definition) is 2. The van der Waals surface area contributed by atoms with E-state index in [0.717, 1.165) is 12.1 Å². The lowest BCUT2D eigenvalue weighted by Crippen LogP contribution is -2.39. The van der Waals surface area contributed by atoms with Crippen LogP contribution in [0, 0.1) is 10.1 Å². The molecule has 8 nitrogen and oxygen atoms in total. The molecule has 1 aliphatic heterocycles. The number of rotatable bonds is 4. The summed E-state index contributed by atoms with van der Waals surface area (Å²) in [5.41, 5.74) is 5.13. The number of nitro groups is 1. The van der Waals surface area contributed by atoms with Crippen LogP contribution in [0.3, 0.4) is 0 Å². The first kappa shape index (κ1) is 15.9. The molecule has 21 heavy (non-hydrogen) atoms. The van der Waals surface area contributed by atoms with Gasteiger partial charge in [0.25, 0.3) is 5.69 Å². The first-order valence-corrected chi connectivity index (χ1v) is 9.18. The molecule has 0 amide bonds. The number of hydrogen-bond acceptors (Lipinski definition) is 6. The number of benzene rings is 1. The molecule has 1 fully saturated rings. The lowest BCUT2D eigenvalue weighted by molar-refractivity contribution is -0.387. The molecule has 0 radical (unpaired) electrons. The van der Waals surface area contributed by atoms with Crippen molar-refractivity contribution < 1.29 is 17.6 Å². The third kappa shape index (κ3) is 3.77. The van der Waals surface area contributed by atoms with Gasteiger partial charge in [-0.15, -0.1) is 0 Å². The molecule has 2 rings (SSSR count). The molecule has 0 saturated carbocycles. The minimum Gasteiger partial charge on any atom is -0.399 e. The summed E-state index contributed by atoms with van der Waals surface area (Å²) < 4.78 is 38.3. The second-order valence-electron chi connectivity index (χ2n) is 4.73. The van der Waals surface area contributed by atoms with Gasteiger partial charge in [0, 0.05) is 40.1 Å². The Morgan fingerprint density at radius 1 is 1.33 bits per heavy atom. The first-order chi connectivity index (χ1) is 9.79. The van der Waals surface area contributed by atoms with Gasteiger partial charge in [-0.1, -0.05) is 0 Å². The van der Waals surface area contributed by atoms with E-state index in [1.165, 1.54) is 6.07 Å². The van der Waals surface area contributed by atoms with E-state index < -0.39 is 36.3 Å². The lowest BCUT2D eigenvalue weighted by atomic mass is 10.2. The molecule has 0 aliphatic carbocycles. The van der Waals surface area contributed by atoms with Crippen LogP contribution < -0.4 is 10.5 Å². The van der Waals surface area contributed by atoms with Crippen LogP contribution in [0.1, 0.15) is 12.8 Å². The molecule has 1 saturated heterocycles. The summed E-state index contributed by atoms with van der Waals surface area (Å²) >= 11 is 0. The van der Waals surface area contributed by atoms with Crippen LogP contribution >= 0.6 is 0 Å². The molecule has 116 valence electrons. The number of sulfonamides is 1. The van der Waals surface area contributed by atoms with E-state index >= 15 is 0 Å². The summed E-state index contributed by atoms with van der Waals surface area (Å²) in [6, 6.07) is 3.05. The van der Waals surface area contributed by atoms with Crippen molar-refractivity contribution in [2.45, 2.75) is 23.8 Å². The standard InChI is InChI=1S/C11H15N3O5S2/c12-8-1-2-10(14(15)16)11(7-8)21(18,19)13-9-3-5-20(17)6-4-9/h1-2,7,9,13H,3-6,12H2. The van der Waals surface area contributed by atoms with Gasteiger partial charge in [0.2, 0.25) is 10.0 Å². The quantitative estimate of drug-likeness (QED) is 0.464. The lowest BCUT2D eigenvalue weighted by Gasteiger charge is -2.22. The summed E-state index contributed by atoms with van der Waals surface area (Å²) in [7, 11) is -4.96. The van der Waals surface area contributed by atoms with Gasteiger partial charge < -0.3 is 5.73 Å². The third-order valence-electron chi connectivity index (χ3n) is 3.18. The number of nitrogens with two attached hydrogens (primary N) is 1. The molecule has 0 atom stereocenters. The number of nitrogen functional groups attached to an aromatic ring is 1. The summed E-state index contributed by atoms with van der Waals surface area (Å²) in [6.45, 7) is 0. The van der Waals surface area contributed by atoms with Gasteiger partial charge in [0.1, 0.15) is 0 Å². The third-order valence-corrected chi connectivity index (χ3v) is 6.11. The van der Waals surface area contributed by atoms with Crippen LogP contribution in [0.4, 0.5) is 11.4 Å². The summed E-state index contributed by atoms with van der Waals surface area (Å²) in [5, 5.41) is 10.9.